The number of furan rings is 1. The summed E-state index contributed by atoms with van der Waals surface area (Å²) in [5.74, 6) is 2.09. The highest BCUT2D eigenvalue weighted by Crippen LogP contribution is 2.37. The van der Waals surface area contributed by atoms with Gasteiger partial charge in [-0.2, -0.15) is 0 Å². The number of nitrogens with one attached hydrogen (secondary N) is 1. The number of aryl methyl sites for hydroxylation is 1. The highest BCUT2D eigenvalue weighted by molar-refractivity contribution is 5.20. The van der Waals surface area contributed by atoms with Crippen molar-refractivity contribution < 1.29 is 9.15 Å². The molecule has 0 aromatic carbocycles. The van der Waals surface area contributed by atoms with E-state index in [1.54, 1.807) is 0 Å². The van der Waals surface area contributed by atoms with Crippen molar-refractivity contribution in [3.63, 3.8) is 0 Å². The van der Waals surface area contributed by atoms with Gasteiger partial charge in [-0.25, -0.2) is 0 Å². The SMILES string of the molecule is CNCCCC1(c2ccc(C)o2)COC1. The van der Waals surface area contributed by atoms with Gasteiger partial charge in [0.2, 0.25) is 0 Å². The fourth-order valence-electron chi connectivity index (χ4n) is 2.08. The summed E-state index contributed by atoms with van der Waals surface area (Å²) in [6, 6.07) is 4.13. The Labute approximate surface area is 90.8 Å². The average molecular weight is 209 g/mol. The van der Waals surface area contributed by atoms with E-state index in [9.17, 15) is 0 Å². The lowest BCUT2D eigenvalue weighted by Crippen LogP contribution is -2.46. The molecule has 84 valence electrons. The van der Waals surface area contributed by atoms with Crippen LogP contribution >= 0.6 is 0 Å². The van der Waals surface area contributed by atoms with Gasteiger partial charge in [-0.05, 0) is 45.5 Å². The minimum Gasteiger partial charge on any atom is -0.466 e. The molecular weight excluding hydrogens is 190 g/mol. The molecule has 0 radical (unpaired) electrons. The molecule has 1 N–H and O–H groups in total. The van der Waals surface area contributed by atoms with Crippen LogP contribution in [0.3, 0.4) is 0 Å². The molecule has 0 atom stereocenters. The predicted molar refractivity (Wildman–Crippen MR) is 59.1 cm³/mol. The lowest BCUT2D eigenvalue weighted by molar-refractivity contribution is -0.0751. The normalized spacial score (nSPS) is 18.8. The van der Waals surface area contributed by atoms with E-state index in [4.69, 9.17) is 9.15 Å². The first-order valence-electron chi connectivity index (χ1n) is 5.56. The van der Waals surface area contributed by atoms with Crippen LogP contribution in [0.4, 0.5) is 0 Å². The van der Waals surface area contributed by atoms with Crippen LogP contribution in [-0.4, -0.2) is 26.8 Å². The van der Waals surface area contributed by atoms with Crippen LogP contribution in [0.1, 0.15) is 24.4 Å². The van der Waals surface area contributed by atoms with Crippen molar-refractivity contribution in [1.29, 1.82) is 0 Å². The first kappa shape index (κ1) is 10.7. The molecule has 15 heavy (non-hydrogen) atoms. The van der Waals surface area contributed by atoms with E-state index in [1.165, 1.54) is 6.42 Å². The summed E-state index contributed by atoms with van der Waals surface area (Å²) < 4.78 is 11.1. The van der Waals surface area contributed by atoms with Gasteiger partial charge in [-0.1, -0.05) is 0 Å². The van der Waals surface area contributed by atoms with Crippen LogP contribution in [0.25, 0.3) is 0 Å². The van der Waals surface area contributed by atoms with Gasteiger partial charge in [0.25, 0.3) is 0 Å². The van der Waals surface area contributed by atoms with E-state index in [1.807, 2.05) is 20.0 Å². The zero-order chi connectivity index (χ0) is 10.7. The maximum Gasteiger partial charge on any atom is 0.114 e. The fraction of sp³-hybridized carbons (Fsp3) is 0.667. The third-order valence-corrected chi connectivity index (χ3v) is 3.10. The smallest absolute Gasteiger partial charge is 0.114 e. The van der Waals surface area contributed by atoms with Gasteiger partial charge in [0.05, 0.1) is 18.6 Å². The van der Waals surface area contributed by atoms with Gasteiger partial charge in [0, 0.05) is 0 Å². The summed E-state index contributed by atoms with van der Waals surface area (Å²) >= 11 is 0. The number of rotatable bonds is 5. The second-order valence-corrected chi connectivity index (χ2v) is 4.39. The molecule has 1 saturated heterocycles. The molecule has 3 nitrogen and oxygen atoms in total. The van der Waals surface area contributed by atoms with Crippen molar-refractivity contribution in [2.24, 2.45) is 0 Å². The van der Waals surface area contributed by atoms with Crippen molar-refractivity contribution in [3.05, 3.63) is 23.7 Å². The van der Waals surface area contributed by atoms with Crippen LogP contribution in [0.2, 0.25) is 0 Å². The summed E-state index contributed by atoms with van der Waals surface area (Å²) in [6.45, 7) is 4.67. The second kappa shape index (κ2) is 4.37. The minimum atomic E-state index is 0.158. The molecule has 2 rings (SSSR count). The monoisotopic (exact) mass is 209 g/mol. The quantitative estimate of drug-likeness (QED) is 0.752. The van der Waals surface area contributed by atoms with Crippen LogP contribution < -0.4 is 5.32 Å². The van der Waals surface area contributed by atoms with E-state index in [0.29, 0.717) is 0 Å². The first-order valence-corrected chi connectivity index (χ1v) is 5.56. The maximum absolute atomic E-state index is 5.72. The Balaban J connectivity index is 2.01. The third kappa shape index (κ3) is 2.08. The average Bonchev–Trinajstić information content (AvgIpc) is 2.57. The first-order chi connectivity index (χ1) is 7.27. The molecule has 1 aliphatic rings. The van der Waals surface area contributed by atoms with E-state index in [-0.39, 0.29) is 5.41 Å². The molecule has 0 saturated carbocycles. The minimum absolute atomic E-state index is 0.158. The van der Waals surface area contributed by atoms with Gasteiger partial charge in [0.1, 0.15) is 11.5 Å². The standard InChI is InChI=1S/C12H19NO2/c1-10-4-5-11(15-10)12(8-14-9-12)6-3-7-13-2/h4-5,13H,3,6-9H2,1-2H3. The third-order valence-electron chi connectivity index (χ3n) is 3.10. The van der Waals surface area contributed by atoms with E-state index in [0.717, 1.165) is 37.7 Å². The Bertz CT molecular complexity index is 315. The zero-order valence-electron chi connectivity index (χ0n) is 9.51. The zero-order valence-corrected chi connectivity index (χ0v) is 9.51. The summed E-state index contributed by atoms with van der Waals surface area (Å²) in [6.07, 6.45) is 2.31. The Morgan fingerprint density at radius 2 is 2.20 bits per heavy atom. The summed E-state index contributed by atoms with van der Waals surface area (Å²) in [7, 11) is 1.99. The Hall–Kier alpha value is -0.800. The van der Waals surface area contributed by atoms with Crippen LogP contribution in [0.15, 0.2) is 16.5 Å². The van der Waals surface area contributed by atoms with Gasteiger partial charge in [0.15, 0.2) is 0 Å². The summed E-state index contributed by atoms with van der Waals surface area (Å²) in [4.78, 5) is 0. The van der Waals surface area contributed by atoms with Gasteiger partial charge < -0.3 is 14.5 Å². The highest BCUT2D eigenvalue weighted by atomic mass is 16.5. The number of hydrogen-bond acceptors (Lipinski definition) is 3. The van der Waals surface area contributed by atoms with Crippen molar-refractivity contribution in [2.75, 3.05) is 26.8 Å². The van der Waals surface area contributed by atoms with Crippen LogP contribution in [0, 0.1) is 6.92 Å². The van der Waals surface area contributed by atoms with Crippen molar-refractivity contribution in [1.82, 2.24) is 5.32 Å². The predicted octanol–water partition coefficient (Wildman–Crippen LogP) is 1.86. The fourth-order valence-corrected chi connectivity index (χ4v) is 2.08. The molecule has 1 aliphatic heterocycles. The second-order valence-electron chi connectivity index (χ2n) is 4.39. The van der Waals surface area contributed by atoms with Gasteiger partial charge in [-0.15, -0.1) is 0 Å². The summed E-state index contributed by atoms with van der Waals surface area (Å²) in [5.41, 5.74) is 0.158. The molecule has 0 amide bonds. The maximum atomic E-state index is 5.72. The molecule has 2 heterocycles. The van der Waals surface area contributed by atoms with E-state index < -0.39 is 0 Å². The largest absolute Gasteiger partial charge is 0.466 e. The molecule has 0 spiro atoms. The molecule has 0 unspecified atom stereocenters. The van der Waals surface area contributed by atoms with Crippen LogP contribution in [-0.2, 0) is 10.2 Å². The van der Waals surface area contributed by atoms with Gasteiger partial charge in [-0.3, -0.25) is 0 Å². The molecule has 0 bridgehead atoms. The Kier molecular flexibility index (Phi) is 3.12. The van der Waals surface area contributed by atoms with Crippen LogP contribution in [0.5, 0.6) is 0 Å². The Morgan fingerprint density at radius 1 is 1.40 bits per heavy atom. The van der Waals surface area contributed by atoms with Crippen molar-refractivity contribution >= 4 is 0 Å². The van der Waals surface area contributed by atoms with Crippen molar-refractivity contribution in [3.8, 4) is 0 Å². The molecule has 3 heteroatoms. The highest BCUT2D eigenvalue weighted by Gasteiger charge is 2.42. The molecule has 0 aliphatic carbocycles. The number of hydrogen-bond donors (Lipinski definition) is 1. The lowest BCUT2D eigenvalue weighted by atomic mass is 9.79. The molecular formula is C12H19NO2. The van der Waals surface area contributed by atoms with Crippen molar-refractivity contribution in [2.45, 2.75) is 25.2 Å². The molecule has 1 aromatic heterocycles. The number of ether oxygens (including phenoxy) is 1. The topological polar surface area (TPSA) is 34.4 Å². The van der Waals surface area contributed by atoms with Gasteiger partial charge >= 0.3 is 0 Å². The Morgan fingerprint density at radius 3 is 2.67 bits per heavy atom. The lowest BCUT2D eigenvalue weighted by Gasteiger charge is -2.39. The molecule has 1 fully saturated rings. The summed E-state index contributed by atoms with van der Waals surface area (Å²) in [5, 5.41) is 3.17. The van der Waals surface area contributed by atoms with E-state index >= 15 is 0 Å². The molecule has 1 aromatic rings. The van der Waals surface area contributed by atoms with E-state index in [2.05, 4.69) is 11.4 Å².